The minimum absolute atomic E-state index is 0.197. The molecule has 1 aliphatic rings. The van der Waals surface area contributed by atoms with Crippen molar-refractivity contribution in [1.29, 1.82) is 0 Å². The lowest BCUT2D eigenvalue weighted by atomic mass is 9.95. The van der Waals surface area contributed by atoms with Crippen LogP contribution in [-0.4, -0.2) is 19.7 Å². The monoisotopic (exact) mass is 331 g/mol. The van der Waals surface area contributed by atoms with Crippen LogP contribution >= 0.6 is 27.5 Å². The molecule has 0 amide bonds. The van der Waals surface area contributed by atoms with Crippen LogP contribution in [0.4, 0.5) is 0 Å². The molecule has 1 N–H and O–H groups in total. The molecule has 0 bridgehead atoms. The molecule has 0 aromatic heterocycles. The minimum atomic E-state index is 0.197. The summed E-state index contributed by atoms with van der Waals surface area (Å²) in [5.74, 6) is 0.560. The van der Waals surface area contributed by atoms with Crippen molar-refractivity contribution in [2.24, 2.45) is 5.92 Å². The number of halogens is 2. The molecule has 0 spiro atoms. The van der Waals surface area contributed by atoms with Crippen molar-refractivity contribution in [2.75, 3.05) is 19.7 Å². The van der Waals surface area contributed by atoms with Crippen LogP contribution in [0.25, 0.3) is 0 Å². The van der Waals surface area contributed by atoms with Gasteiger partial charge in [0.1, 0.15) is 0 Å². The normalized spacial score (nSPS) is 23.5. The number of hydrogen-bond acceptors (Lipinski definition) is 2. The SMILES string of the molecule is CCCNCC1CCOC1c1ccc(Cl)c(Br)c1. The summed E-state index contributed by atoms with van der Waals surface area (Å²) in [6.45, 7) is 5.14. The fourth-order valence-corrected chi connectivity index (χ4v) is 2.88. The van der Waals surface area contributed by atoms with Gasteiger partial charge in [-0.1, -0.05) is 24.6 Å². The molecule has 0 aliphatic carbocycles. The molecule has 18 heavy (non-hydrogen) atoms. The largest absolute Gasteiger partial charge is 0.373 e. The Bertz CT molecular complexity index is 399. The molecular formula is C14H19BrClNO. The highest BCUT2D eigenvalue weighted by Gasteiger charge is 2.29. The Morgan fingerprint density at radius 2 is 2.33 bits per heavy atom. The van der Waals surface area contributed by atoms with Crippen LogP contribution in [0.5, 0.6) is 0 Å². The molecule has 1 aliphatic heterocycles. The molecule has 1 heterocycles. The van der Waals surface area contributed by atoms with Crippen molar-refractivity contribution in [3.05, 3.63) is 33.3 Å². The van der Waals surface area contributed by atoms with Crippen LogP contribution in [-0.2, 0) is 4.74 Å². The molecular weight excluding hydrogens is 314 g/mol. The van der Waals surface area contributed by atoms with Crippen LogP contribution in [0.3, 0.4) is 0 Å². The van der Waals surface area contributed by atoms with Gasteiger partial charge in [-0.2, -0.15) is 0 Å². The molecule has 100 valence electrons. The zero-order chi connectivity index (χ0) is 13.0. The number of benzene rings is 1. The molecule has 1 fully saturated rings. The molecule has 1 saturated heterocycles. The van der Waals surface area contributed by atoms with Gasteiger partial charge in [0.15, 0.2) is 0 Å². The summed E-state index contributed by atoms with van der Waals surface area (Å²) in [7, 11) is 0. The highest BCUT2D eigenvalue weighted by Crippen LogP contribution is 2.36. The van der Waals surface area contributed by atoms with E-state index in [4.69, 9.17) is 16.3 Å². The van der Waals surface area contributed by atoms with Gasteiger partial charge in [-0.15, -0.1) is 0 Å². The third-order valence-electron chi connectivity index (χ3n) is 3.32. The van der Waals surface area contributed by atoms with Gasteiger partial charge in [0.05, 0.1) is 11.1 Å². The molecule has 0 radical (unpaired) electrons. The highest BCUT2D eigenvalue weighted by molar-refractivity contribution is 9.10. The zero-order valence-electron chi connectivity index (χ0n) is 10.6. The van der Waals surface area contributed by atoms with E-state index in [1.807, 2.05) is 6.07 Å². The second kappa shape index (κ2) is 6.90. The first-order chi connectivity index (χ1) is 8.72. The molecule has 2 rings (SSSR count). The van der Waals surface area contributed by atoms with Crippen molar-refractivity contribution < 1.29 is 4.74 Å². The molecule has 4 heteroatoms. The Morgan fingerprint density at radius 3 is 3.06 bits per heavy atom. The standard InChI is InChI=1S/C14H19BrClNO/c1-2-6-17-9-11-5-7-18-14(11)10-3-4-13(16)12(15)8-10/h3-4,8,11,14,17H,2,5-7,9H2,1H3. The zero-order valence-corrected chi connectivity index (χ0v) is 12.9. The second-order valence-corrected chi connectivity index (χ2v) is 5.98. The average molecular weight is 333 g/mol. The number of hydrogen-bond donors (Lipinski definition) is 1. The van der Waals surface area contributed by atoms with E-state index in [-0.39, 0.29) is 6.10 Å². The van der Waals surface area contributed by atoms with Crippen molar-refractivity contribution in [3.8, 4) is 0 Å². The van der Waals surface area contributed by atoms with Gasteiger partial charge in [0.25, 0.3) is 0 Å². The molecule has 1 aromatic rings. The van der Waals surface area contributed by atoms with Crippen molar-refractivity contribution in [2.45, 2.75) is 25.9 Å². The van der Waals surface area contributed by atoms with E-state index in [1.54, 1.807) is 0 Å². The van der Waals surface area contributed by atoms with Gasteiger partial charge >= 0.3 is 0 Å². The summed E-state index contributed by atoms with van der Waals surface area (Å²) < 4.78 is 6.82. The Labute approximate surface area is 122 Å². The van der Waals surface area contributed by atoms with Gasteiger partial charge in [0.2, 0.25) is 0 Å². The predicted octanol–water partition coefficient (Wildman–Crippen LogP) is 4.18. The number of ether oxygens (including phenoxy) is 1. The fraction of sp³-hybridized carbons (Fsp3) is 0.571. The van der Waals surface area contributed by atoms with Crippen LogP contribution in [0, 0.1) is 5.92 Å². The van der Waals surface area contributed by atoms with Gasteiger partial charge in [0, 0.05) is 23.5 Å². The highest BCUT2D eigenvalue weighted by atomic mass is 79.9. The summed E-state index contributed by atoms with van der Waals surface area (Å²) in [6, 6.07) is 6.07. The smallest absolute Gasteiger partial charge is 0.0866 e. The summed E-state index contributed by atoms with van der Waals surface area (Å²) >= 11 is 9.50. The maximum absolute atomic E-state index is 6.03. The van der Waals surface area contributed by atoms with Crippen molar-refractivity contribution in [1.82, 2.24) is 5.32 Å². The van der Waals surface area contributed by atoms with Crippen LogP contribution in [0.15, 0.2) is 22.7 Å². The third kappa shape index (κ3) is 3.47. The lowest BCUT2D eigenvalue weighted by Crippen LogP contribution is -2.25. The van der Waals surface area contributed by atoms with E-state index in [9.17, 15) is 0 Å². The Kier molecular flexibility index (Phi) is 5.49. The topological polar surface area (TPSA) is 21.3 Å². The van der Waals surface area contributed by atoms with Crippen LogP contribution in [0.2, 0.25) is 5.02 Å². The van der Waals surface area contributed by atoms with Crippen molar-refractivity contribution in [3.63, 3.8) is 0 Å². The lowest BCUT2D eigenvalue weighted by molar-refractivity contribution is 0.0905. The average Bonchev–Trinajstić information content (AvgIpc) is 2.81. The Morgan fingerprint density at radius 1 is 1.50 bits per heavy atom. The summed E-state index contributed by atoms with van der Waals surface area (Å²) in [4.78, 5) is 0. The second-order valence-electron chi connectivity index (χ2n) is 4.72. The van der Waals surface area contributed by atoms with E-state index in [0.29, 0.717) is 5.92 Å². The van der Waals surface area contributed by atoms with Gasteiger partial charge < -0.3 is 10.1 Å². The summed E-state index contributed by atoms with van der Waals surface area (Å²) in [5, 5.41) is 4.23. The van der Waals surface area contributed by atoms with Gasteiger partial charge in [-0.05, 0) is 53.0 Å². The van der Waals surface area contributed by atoms with E-state index >= 15 is 0 Å². The van der Waals surface area contributed by atoms with Gasteiger partial charge in [-0.25, -0.2) is 0 Å². The maximum Gasteiger partial charge on any atom is 0.0866 e. The van der Waals surface area contributed by atoms with E-state index in [2.05, 4.69) is 40.3 Å². The molecule has 1 aromatic carbocycles. The molecule has 0 saturated carbocycles. The Hall–Kier alpha value is -0.0900. The molecule has 2 atom stereocenters. The Balaban J connectivity index is 2.03. The minimum Gasteiger partial charge on any atom is -0.373 e. The summed E-state index contributed by atoms with van der Waals surface area (Å²) in [5.41, 5.74) is 1.21. The van der Waals surface area contributed by atoms with Gasteiger partial charge in [-0.3, -0.25) is 0 Å². The first-order valence-corrected chi connectivity index (χ1v) is 7.66. The summed E-state index contributed by atoms with van der Waals surface area (Å²) in [6.07, 6.45) is 2.50. The van der Waals surface area contributed by atoms with Crippen LogP contribution < -0.4 is 5.32 Å². The molecule has 2 nitrogen and oxygen atoms in total. The van der Waals surface area contributed by atoms with E-state index in [0.717, 1.165) is 35.6 Å². The van der Waals surface area contributed by atoms with E-state index in [1.165, 1.54) is 12.0 Å². The lowest BCUT2D eigenvalue weighted by Gasteiger charge is -2.19. The van der Waals surface area contributed by atoms with Crippen molar-refractivity contribution >= 4 is 27.5 Å². The fourth-order valence-electron chi connectivity index (χ4n) is 2.36. The number of rotatable bonds is 5. The van der Waals surface area contributed by atoms with E-state index < -0.39 is 0 Å². The first-order valence-electron chi connectivity index (χ1n) is 6.49. The molecule has 2 unspecified atom stereocenters. The van der Waals surface area contributed by atoms with Crippen LogP contribution in [0.1, 0.15) is 31.4 Å². The number of nitrogens with one attached hydrogen (secondary N) is 1. The maximum atomic E-state index is 6.03. The first kappa shape index (κ1) is 14.3. The quantitative estimate of drug-likeness (QED) is 0.817. The predicted molar refractivity (Wildman–Crippen MR) is 79.1 cm³/mol. The third-order valence-corrected chi connectivity index (χ3v) is 4.53.